The first-order valence-electron chi connectivity index (χ1n) is 5.83. The zero-order valence-corrected chi connectivity index (χ0v) is 11.4. The third-order valence-electron chi connectivity index (χ3n) is 2.76. The van der Waals surface area contributed by atoms with Crippen LogP contribution in [0.1, 0.15) is 27.4 Å². The highest BCUT2D eigenvalue weighted by atomic mass is 32.1. The maximum Gasteiger partial charge on any atom is 0.107 e. The summed E-state index contributed by atoms with van der Waals surface area (Å²) in [5, 5.41) is 6.69. The standard InChI is InChI=1S/C14H18N2S/c1-10-4-5-13(11(2)6-10)7-15-8-14-16-12(3)9-17-14/h4-6,9,15H,7-8H2,1-3H3. The summed E-state index contributed by atoms with van der Waals surface area (Å²) >= 11 is 1.72. The fourth-order valence-electron chi connectivity index (χ4n) is 1.83. The number of nitrogens with one attached hydrogen (secondary N) is 1. The highest BCUT2D eigenvalue weighted by molar-refractivity contribution is 7.09. The lowest BCUT2D eigenvalue weighted by atomic mass is 10.1. The van der Waals surface area contributed by atoms with E-state index < -0.39 is 0 Å². The molecule has 0 saturated heterocycles. The molecule has 0 radical (unpaired) electrons. The number of benzene rings is 1. The van der Waals surface area contributed by atoms with Crippen molar-refractivity contribution in [3.63, 3.8) is 0 Å². The lowest BCUT2D eigenvalue weighted by Gasteiger charge is -2.07. The van der Waals surface area contributed by atoms with Crippen LogP contribution in [0.5, 0.6) is 0 Å². The van der Waals surface area contributed by atoms with Crippen LogP contribution in [0.4, 0.5) is 0 Å². The molecule has 0 amide bonds. The van der Waals surface area contributed by atoms with Gasteiger partial charge in [-0.2, -0.15) is 0 Å². The van der Waals surface area contributed by atoms with Gasteiger partial charge in [-0.05, 0) is 31.9 Å². The van der Waals surface area contributed by atoms with Gasteiger partial charge in [-0.25, -0.2) is 4.98 Å². The van der Waals surface area contributed by atoms with Crippen molar-refractivity contribution in [1.29, 1.82) is 0 Å². The number of hydrogen-bond acceptors (Lipinski definition) is 3. The van der Waals surface area contributed by atoms with Gasteiger partial charge in [-0.1, -0.05) is 23.8 Å². The van der Waals surface area contributed by atoms with Gasteiger partial charge in [0.1, 0.15) is 5.01 Å². The first-order chi connectivity index (χ1) is 8.15. The highest BCUT2D eigenvalue weighted by Crippen LogP contribution is 2.11. The van der Waals surface area contributed by atoms with E-state index in [0.29, 0.717) is 0 Å². The Balaban J connectivity index is 1.90. The SMILES string of the molecule is Cc1ccc(CNCc2nc(C)cs2)c(C)c1. The van der Waals surface area contributed by atoms with E-state index in [2.05, 4.69) is 47.7 Å². The topological polar surface area (TPSA) is 24.9 Å². The maximum absolute atomic E-state index is 4.43. The molecule has 2 rings (SSSR count). The molecule has 0 fully saturated rings. The van der Waals surface area contributed by atoms with E-state index in [0.717, 1.165) is 23.8 Å². The summed E-state index contributed by atoms with van der Waals surface area (Å²) in [5.74, 6) is 0. The van der Waals surface area contributed by atoms with E-state index in [1.165, 1.54) is 16.7 Å². The van der Waals surface area contributed by atoms with Gasteiger partial charge in [0.05, 0.1) is 0 Å². The smallest absolute Gasteiger partial charge is 0.107 e. The largest absolute Gasteiger partial charge is 0.306 e. The van der Waals surface area contributed by atoms with Gasteiger partial charge in [0.25, 0.3) is 0 Å². The van der Waals surface area contributed by atoms with Crippen molar-refractivity contribution < 1.29 is 0 Å². The van der Waals surface area contributed by atoms with E-state index in [1.807, 2.05) is 6.92 Å². The van der Waals surface area contributed by atoms with E-state index in [1.54, 1.807) is 11.3 Å². The van der Waals surface area contributed by atoms with Crippen molar-refractivity contribution in [2.24, 2.45) is 0 Å². The van der Waals surface area contributed by atoms with Crippen molar-refractivity contribution >= 4 is 11.3 Å². The predicted octanol–water partition coefficient (Wildman–Crippen LogP) is 3.36. The number of nitrogens with zero attached hydrogens (tertiary/aromatic N) is 1. The molecule has 0 atom stereocenters. The molecule has 2 nitrogen and oxygen atoms in total. The fraction of sp³-hybridized carbons (Fsp3) is 0.357. The summed E-state index contributed by atoms with van der Waals surface area (Å²) in [6.07, 6.45) is 0. The molecular weight excluding hydrogens is 228 g/mol. The zero-order valence-electron chi connectivity index (χ0n) is 10.6. The predicted molar refractivity (Wildman–Crippen MR) is 73.3 cm³/mol. The van der Waals surface area contributed by atoms with Crippen LogP contribution in [-0.4, -0.2) is 4.98 Å². The van der Waals surface area contributed by atoms with Crippen molar-refractivity contribution in [3.8, 4) is 0 Å². The van der Waals surface area contributed by atoms with Gasteiger partial charge in [0, 0.05) is 24.2 Å². The van der Waals surface area contributed by atoms with Crippen molar-refractivity contribution in [3.05, 3.63) is 51.0 Å². The molecule has 0 aliphatic heterocycles. The Morgan fingerprint density at radius 2 is 2.00 bits per heavy atom. The van der Waals surface area contributed by atoms with Gasteiger partial charge in [-0.3, -0.25) is 0 Å². The molecule has 2 aromatic rings. The Labute approximate surface area is 107 Å². The van der Waals surface area contributed by atoms with Crippen LogP contribution in [0.2, 0.25) is 0 Å². The number of aryl methyl sites for hydroxylation is 3. The molecule has 0 unspecified atom stereocenters. The zero-order chi connectivity index (χ0) is 12.3. The molecule has 90 valence electrons. The second kappa shape index (κ2) is 5.43. The summed E-state index contributed by atoms with van der Waals surface area (Å²) in [6, 6.07) is 6.59. The molecule has 0 saturated carbocycles. The molecular formula is C14H18N2S. The number of aromatic nitrogens is 1. The van der Waals surface area contributed by atoms with Crippen molar-refractivity contribution in [2.75, 3.05) is 0 Å². The summed E-state index contributed by atoms with van der Waals surface area (Å²) in [6.45, 7) is 8.08. The molecule has 17 heavy (non-hydrogen) atoms. The summed E-state index contributed by atoms with van der Waals surface area (Å²) in [7, 11) is 0. The number of thiazole rings is 1. The lowest BCUT2D eigenvalue weighted by Crippen LogP contribution is -2.13. The van der Waals surface area contributed by atoms with E-state index in [4.69, 9.17) is 0 Å². The van der Waals surface area contributed by atoms with Crippen LogP contribution in [0.15, 0.2) is 23.6 Å². The van der Waals surface area contributed by atoms with Gasteiger partial charge in [0.2, 0.25) is 0 Å². The second-order valence-corrected chi connectivity index (χ2v) is 5.36. The monoisotopic (exact) mass is 246 g/mol. The molecule has 1 heterocycles. The van der Waals surface area contributed by atoms with E-state index >= 15 is 0 Å². The Morgan fingerprint density at radius 1 is 1.18 bits per heavy atom. The molecule has 1 aromatic carbocycles. The van der Waals surface area contributed by atoms with Crippen molar-refractivity contribution in [2.45, 2.75) is 33.9 Å². The minimum atomic E-state index is 0.853. The Hall–Kier alpha value is -1.19. The van der Waals surface area contributed by atoms with Crippen LogP contribution < -0.4 is 5.32 Å². The minimum absolute atomic E-state index is 0.853. The van der Waals surface area contributed by atoms with Gasteiger partial charge in [-0.15, -0.1) is 11.3 Å². The molecule has 0 aliphatic rings. The highest BCUT2D eigenvalue weighted by Gasteiger charge is 2.00. The molecule has 0 spiro atoms. The second-order valence-electron chi connectivity index (χ2n) is 4.42. The average molecular weight is 246 g/mol. The Kier molecular flexibility index (Phi) is 3.92. The average Bonchev–Trinajstić information content (AvgIpc) is 2.68. The van der Waals surface area contributed by atoms with Crippen LogP contribution in [-0.2, 0) is 13.1 Å². The first-order valence-corrected chi connectivity index (χ1v) is 6.71. The Bertz CT molecular complexity index is 503. The molecule has 1 aromatic heterocycles. The van der Waals surface area contributed by atoms with Gasteiger partial charge < -0.3 is 5.32 Å². The van der Waals surface area contributed by atoms with Gasteiger partial charge >= 0.3 is 0 Å². The van der Waals surface area contributed by atoms with Crippen molar-refractivity contribution in [1.82, 2.24) is 10.3 Å². The maximum atomic E-state index is 4.43. The summed E-state index contributed by atoms with van der Waals surface area (Å²) in [5.41, 5.74) is 5.15. The first kappa shape index (κ1) is 12.3. The van der Waals surface area contributed by atoms with Crippen LogP contribution in [0.25, 0.3) is 0 Å². The molecule has 0 aliphatic carbocycles. The van der Waals surface area contributed by atoms with Gasteiger partial charge in [0.15, 0.2) is 0 Å². The van der Waals surface area contributed by atoms with Crippen LogP contribution in [0.3, 0.4) is 0 Å². The van der Waals surface area contributed by atoms with Crippen LogP contribution >= 0.6 is 11.3 Å². The third kappa shape index (κ3) is 3.38. The van der Waals surface area contributed by atoms with E-state index in [-0.39, 0.29) is 0 Å². The summed E-state index contributed by atoms with van der Waals surface area (Å²) in [4.78, 5) is 4.43. The minimum Gasteiger partial charge on any atom is -0.306 e. The fourth-order valence-corrected chi connectivity index (χ4v) is 2.57. The Morgan fingerprint density at radius 3 is 2.65 bits per heavy atom. The molecule has 3 heteroatoms. The third-order valence-corrected chi connectivity index (χ3v) is 3.72. The molecule has 0 bridgehead atoms. The molecule has 1 N–H and O–H groups in total. The quantitative estimate of drug-likeness (QED) is 0.894. The number of rotatable bonds is 4. The normalized spacial score (nSPS) is 10.8. The summed E-state index contributed by atoms with van der Waals surface area (Å²) < 4.78 is 0. The number of hydrogen-bond donors (Lipinski definition) is 1. The van der Waals surface area contributed by atoms with E-state index in [9.17, 15) is 0 Å². The lowest BCUT2D eigenvalue weighted by molar-refractivity contribution is 0.686. The van der Waals surface area contributed by atoms with Crippen LogP contribution in [0, 0.1) is 20.8 Å².